The number of nitrogens with one attached hydrogen (secondary N) is 2. The van der Waals surface area contributed by atoms with Crippen LogP contribution in [-0.2, 0) is 6.54 Å². The molecule has 1 aromatic rings. The highest BCUT2D eigenvalue weighted by Crippen LogP contribution is 2.60. The fraction of sp³-hybridized carbons (Fsp3) is 0.733. The molecule has 1 heterocycles. The second kappa shape index (κ2) is 6.54. The highest BCUT2D eigenvalue weighted by Gasteiger charge is 2.53. The predicted octanol–water partition coefficient (Wildman–Crippen LogP) is 2.76. The smallest absolute Gasteiger partial charge is 0.191 e. The molecule has 0 saturated heterocycles. The van der Waals surface area contributed by atoms with Crippen molar-refractivity contribution in [3.8, 4) is 0 Å². The fourth-order valence-corrected chi connectivity index (χ4v) is 2.99. The van der Waals surface area contributed by atoms with Gasteiger partial charge in [0.15, 0.2) is 5.96 Å². The molecule has 21 heavy (non-hydrogen) atoms. The van der Waals surface area contributed by atoms with Gasteiger partial charge in [-0.2, -0.15) is 0 Å². The summed E-state index contributed by atoms with van der Waals surface area (Å²) in [5, 5.41) is 10.8. The molecular weight excluding hydrogens is 379 g/mol. The van der Waals surface area contributed by atoms with Crippen molar-refractivity contribution in [2.24, 2.45) is 16.3 Å². The summed E-state index contributed by atoms with van der Waals surface area (Å²) in [5.41, 5.74) is 2.65. The van der Waals surface area contributed by atoms with E-state index >= 15 is 0 Å². The molecule has 2 fully saturated rings. The Balaban J connectivity index is 0.00000161. The van der Waals surface area contributed by atoms with Crippen LogP contribution in [0.5, 0.6) is 0 Å². The van der Waals surface area contributed by atoms with Crippen LogP contribution in [0.3, 0.4) is 0 Å². The lowest BCUT2D eigenvalue weighted by Crippen LogP contribution is -2.40. The zero-order valence-corrected chi connectivity index (χ0v) is 15.4. The summed E-state index contributed by atoms with van der Waals surface area (Å²) in [5.74, 6) is 2.72. The molecule has 0 atom stereocenters. The van der Waals surface area contributed by atoms with Gasteiger partial charge in [0.25, 0.3) is 0 Å². The van der Waals surface area contributed by atoms with Crippen molar-refractivity contribution in [2.45, 2.75) is 46.1 Å². The van der Waals surface area contributed by atoms with Gasteiger partial charge in [0.05, 0.1) is 5.69 Å². The van der Waals surface area contributed by atoms with Crippen molar-refractivity contribution in [1.29, 1.82) is 0 Å². The summed E-state index contributed by atoms with van der Waals surface area (Å²) >= 11 is 0. The third-order valence-electron chi connectivity index (χ3n) is 4.78. The van der Waals surface area contributed by atoms with Crippen LogP contribution in [0.4, 0.5) is 0 Å². The minimum absolute atomic E-state index is 0. The van der Waals surface area contributed by atoms with E-state index in [4.69, 9.17) is 4.52 Å². The van der Waals surface area contributed by atoms with Gasteiger partial charge >= 0.3 is 0 Å². The van der Waals surface area contributed by atoms with Crippen molar-refractivity contribution < 1.29 is 4.52 Å². The maximum absolute atomic E-state index is 5.17. The molecule has 0 aliphatic heterocycles. The third-order valence-corrected chi connectivity index (χ3v) is 4.78. The second-order valence-electron chi connectivity index (χ2n) is 6.22. The Labute approximate surface area is 143 Å². The Hall–Kier alpha value is -0.790. The first-order chi connectivity index (χ1) is 9.64. The van der Waals surface area contributed by atoms with Crippen LogP contribution in [0.1, 0.15) is 42.7 Å². The average molecular weight is 404 g/mol. The first-order valence-electron chi connectivity index (χ1n) is 7.51. The molecular formula is C15H25IN4O. The van der Waals surface area contributed by atoms with E-state index in [-0.39, 0.29) is 24.0 Å². The van der Waals surface area contributed by atoms with Gasteiger partial charge in [-0.05, 0) is 50.9 Å². The Kier molecular flexibility index (Phi) is 5.16. The number of aliphatic imine (C=N–C) groups is 1. The zero-order valence-electron chi connectivity index (χ0n) is 13.0. The van der Waals surface area contributed by atoms with Gasteiger partial charge in [0.2, 0.25) is 0 Å². The average Bonchev–Trinajstić information content (AvgIpc) is 3.32. The summed E-state index contributed by atoms with van der Waals surface area (Å²) in [6.07, 6.45) is 5.61. The van der Waals surface area contributed by atoms with Gasteiger partial charge in [0.1, 0.15) is 5.76 Å². The van der Waals surface area contributed by atoms with Crippen LogP contribution < -0.4 is 10.6 Å². The molecule has 3 rings (SSSR count). The molecule has 6 heteroatoms. The van der Waals surface area contributed by atoms with Crippen LogP contribution in [0.25, 0.3) is 0 Å². The van der Waals surface area contributed by atoms with E-state index in [1.54, 1.807) is 0 Å². The van der Waals surface area contributed by atoms with E-state index in [1.807, 2.05) is 20.9 Å². The molecule has 0 aromatic carbocycles. The van der Waals surface area contributed by atoms with E-state index < -0.39 is 0 Å². The van der Waals surface area contributed by atoms with E-state index in [0.717, 1.165) is 35.4 Å². The minimum Gasteiger partial charge on any atom is -0.361 e. The topological polar surface area (TPSA) is 62.5 Å². The molecule has 2 aliphatic rings. The van der Waals surface area contributed by atoms with Crippen molar-refractivity contribution in [3.05, 3.63) is 17.0 Å². The van der Waals surface area contributed by atoms with Gasteiger partial charge < -0.3 is 15.2 Å². The number of rotatable bonds is 5. The lowest BCUT2D eigenvalue weighted by molar-refractivity contribution is 0.392. The molecule has 0 amide bonds. The lowest BCUT2D eigenvalue weighted by Gasteiger charge is -2.18. The fourth-order valence-electron chi connectivity index (χ4n) is 2.99. The number of hydrogen-bond acceptors (Lipinski definition) is 3. The standard InChI is InChI=1S/C15H24N4O.HI/c1-10-13(11(2)20-19-10)8-17-14(16-3)18-9-15(6-7-15)12-4-5-12;/h12H,4-9H2,1-3H3,(H2,16,17,18);1H. The van der Waals surface area contributed by atoms with Crippen molar-refractivity contribution in [3.63, 3.8) is 0 Å². The maximum atomic E-state index is 5.17. The molecule has 0 spiro atoms. The summed E-state index contributed by atoms with van der Waals surface area (Å²) in [7, 11) is 1.82. The van der Waals surface area contributed by atoms with Gasteiger partial charge in [-0.15, -0.1) is 24.0 Å². The van der Waals surface area contributed by atoms with Crippen LogP contribution in [0.2, 0.25) is 0 Å². The maximum Gasteiger partial charge on any atom is 0.191 e. The monoisotopic (exact) mass is 404 g/mol. The molecule has 0 unspecified atom stereocenters. The number of hydrogen-bond donors (Lipinski definition) is 2. The summed E-state index contributed by atoms with van der Waals surface area (Å²) in [6, 6.07) is 0. The summed E-state index contributed by atoms with van der Waals surface area (Å²) < 4.78 is 5.17. The number of nitrogens with zero attached hydrogens (tertiary/aromatic N) is 2. The van der Waals surface area contributed by atoms with Crippen LogP contribution in [-0.4, -0.2) is 24.7 Å². The highest BCUT2D eigenvalue weighted by molar-refractivity contribution is 14.0. The second-order valence-corrected chi connectivity index (χ2v) is 6.22. The number of aromatic nitrogens is 1. The van der Waals surface area contributed by atoms with Crippen molar-refractivity contribution >= 4 is 29.9 Å². The summed E-state index contributed by atoms with van der Waals surface area (Å²) in [6.45, 7) is 5.67. The largest absolute Gasteiger partial charge is 0.361 e. The van der Waals surface area contributed by atoms with Crippen LogP contribution in [0.15, 0.2) is 9.52 Å². The molecule has 5 nitrogen and oxygen atoms in total. The first-order valence-corrected chi connectivity index (χ1v) is 7.51. The van der Waals surface area contributed by atoms with Gasteiger partial charge in [0, 0.05) is 25.7 Å². The van der Waals surface area contributed by atoms with E-state index in [0.29, 0.717) is 12.0 Å². The van der Waals surface area contributed by atoms with Crippen LogP contribution >= 0.6 is 24.0 Å². The van der Waals surface area contributed by atoms with Crippen molar-refractivity contribution in [1.82, 2.24) is 15.8 Å². The normalized spacial score (nSPS) is 19.9. The molecule has 0 bridgehead atoms. The van der Waals surface area contributed by atoms with Gasteiger partial charge in [-0.25, -0.2) is 0 Å². The number of guanidine groups is 1. The quantitative estimate of drug-likeness (QED) is 0.450. The molecule has 118 valence electrons. The Morgan fingerprint density at radius 2 is 2.05 bits per heavy atom. The Morgan fingerprint density at radius 1 is 1.33 bits per heavy atom. The Bertz CT molecular complexity index is 498. The van der Waals surface area contributed by atoms with Gasteiger partial charge in [-0.3, -0.25) is 4.99 Å². The first kappa shape index (κ1) is 16.6. The molecule has 2 saturated carbocycles. The molecule has 2 aliphatic carbocycles. The zero-order chi connectivity index (χ0) is 14.2. The molecule has 2 N–H and O–H groups in total. The predicted molar refractivity (Wildman–Crippen MR) is 94.0 cm³/mol. The van der Waals surface area contributed by atoms with Crippen molar-refractivity contribution in [2.75, 3.05) is 13.6 Å². The van der Waals surface area contributed by atoms with Crippen LogP contribution in [0, 0.1) is 25.2 Å². The Morgan fingerprint density at radius 3 is 2.52 bits per heavy atom. The van der Waals surface area contributed by atoms with E-state index in [1.165, 1.54) is 25.7 Å². The number of aryl methyl sites for hydroxylation is 2. The molecule has 1 aromatic heterocycles. The van der Waals surface area contributed by atoms with E-state index in [9.17, 15) is 0 Å². The SMILES string of the molecule is CN=C(NCc1c(C)noc1C)NCC1(C2CC2)CC1.I. The highest BCUT2D eigenvalue weighted by atomic mass is 127. The lowest BCUT2D eigenvalue weighted by atomic mass is 10.0. The number of halogens is 1. The minimum atomic E-state index is 0. The third kappa shape index (κ3) is 3.70. The summed E-state index contributed by atoms with van der Waals surface area (Å²) in [4.78, 5) is 4.30. The van der Waals surface area contributed by atoms with Gasteiger partial charge in [-0.1, -0.05) is 5.16 Å². The molecule has 0 radical (unpaired) electrons. The van der Waals surface area contributed by atoms with E-state index in [2.05, 4.69) is 20.8 Å².